The van der Waals surface area contributed by atoms with E-state index in [1.165, 1.54) is 0 Å². The molecule has 0 aliphatic heterocycles. The molecule has 1 atom stereocenters. The second-order valence-corrected chi connectivity index (χ2v) is 5.02. The van der Waals surface area contributed by atoms with E-state index in [1.54, 1.807) is 7.11 Å². The number of fused-ring (bicyclic) bond motifs is 1. The Morgan fingerprint density at radius 3 is 2.95 bits per heavy atom. The lowest BCUT2D eigenvalue weighted by atomic mass is 10.1. The maximum atomic E-state index is 11.8. The Balaban J connectivity index is 1.86. The monoisotopic (exact) mass is 292 g/mol. The number of methoxy groups -OCH3 is 1. The predicted octanol–water partition coefficient (Wildman–Crippen LogP) is 1.85. The first-order valence-corrected chi connectivity index (χ1v) is 7.03. The van der Waals surface area contributed by atoms with Crippen LogP contribution in [0.2, 0.25) is 0 Å². The van der Waals surface area contributed by atoms with Crippen molar-refractivity contribution < 1.29 is 19.4 Å². The Hall–Kier alpha value is -2.24. The van der Waals surface area contributed by atoms with Gasteiger partial charge in [-0.3, -0.25) is 4.79 Å². The fraction of sp³-hybridized carbons (Fsp3) is 0.467. The van der Waals surface area contributed by atoms with Crippen molar-refractivity contribution in [3.8, 4) is 5.75 Å². The highest BCUT2D eigenvalue weighted by atomic mass is 16.5. The molecule has 1 aromatic carbocycles. The van der Waals surface area contributed by atoms with E-state index in [0.717, 1.165) is 29.7 Å². The molecule has 0 spiro atoms. The van der Waals surface area contributed by atoms with Gasteiger partial charge in [0.2, 0.25) is 0 Å². The molecule has 1 aromatic rings. The number of carboxylic acid groups (broad SMARTS) is 1. The van der Waals surface area contributed by atoms with E-state index in [2.05, 4.69) is 10.6 Å². The first-order valence-electron chi connectivity index (χ1n) is 7.03. The molecule has 6 heteroatoms. The van der Waals surface area contributed by atoms with Gasteiger partial charge in [-0.15, -0.1) is 0 Å². The van der Waals surface area contributed by atoms with E-state index in [-0.39, 0.29) is 18.5 Å². The molecule has 21 heavy (non-hydrogen) atoms. The van der Waals surface area contributed by atoms with Crippen LogP contribution in [0.15, 0.2) is 18.2 Å². The van der Waals surface area contributed by atoms with Crippen molar-refractivity contribution in [3.05, 3.63) is 29.3 Å². The number of benzene rings is 1. The Kier molecular flexibility index (Phi) is 5.03. The number of carbonyl (C=O) groups excluding carboxylic acids is 1. The summed E-state index contributed by atoms with van der Waals surface area (Å²) in [6.07, 6.45) is 2.21. The zero-order valence-corrected chi connectivity index (χ0v) is 12.0. The molecule has 1 aliphatic carbocycles. The highest BCUT2D eigenvalue weighted by Gasteiger charge is 2.26. The summed E-state index contributed by atoms with van der Waals surface area (Å²) in [6, 6.07) is 5.56. The van der Waals surface area contributed by atoms with Crippen LogP contribution in [-0.4, -0.2) is 30.8 Å². The van der Waals surface area contributed by atoms with E-state index in [4.69, 9.17) is 9.84 Å². The topological polar surface area (TPSA) is 87.7 Å². The lowest BCUT2D eigenvalue weighted by Crippen LogP contribution is -2.37. The van der Waals surface area contributed by atoms with Crippen LogP contribution < -0.4 is 15.4 Å². The molecule has 0 radical (unpaired) electrons. The van der Waals surface area contributed by atoms with Crippen molar-refractivity contribution in [1.29, 1.82) is 0 Å². The Bertz CT molecular complexity index is 530. The van der Waals surface area contributed by atoms with Crippen molar-refractivity contribution in [3.63, 3.8) is 0 Å². The fourth-order valence-corrected chi connectivity index (χ4v) is 2.61. The van der Waals surface area contributed by atoms with Crippen molar-refractivity contribution in [2.75, 3.05) is 13.7 Å². The van der Waals surface area contributed by atoms with E-state index in [0.29, 0.717) is 13.0 Å². The van der Waals surface area contributed by atoms with Crippen LogP contribution in [-0.2, 0) is 11.2 Å². The number of hydrogen-bond acceptors (Lipinski definition) is 3. The summed E-state index contributed by atoms with van der Waals surface area (Å²) in [5, 5.41) is 14.1. The molecular weight excluding hydrogens is 272 g/mol. The molecule has 0 saturated heterocycles. The van der Waals surface area contributed by atoms with Crippen LogP contribution in [0.3, 0.4) is 0 Å². The highest BCUT2D eigenvalue weighted by Crippen LogP contribution is 2.36. The number of hydrogen-bond donors (Lipinski definition) is 3. The molecule has 3 N–H and O–H groups in total. The normalized spacial score (nSPS) is 16.1. The lowest BCUT2D eigenvalue weighted by molar-refractivity contribution is -0.137. The van der Waals surface area contributed by atoms with E-state index < -0.39 is 5.97 Å². The Morgan fingerprint density at radius 1 is 1.43 bits per heavy atom. The van der Waals surface area contributed by atoms with Gasteiger partial charge in [0.05, 0.1) is 13.2 Å². The van der Waals surface area contributed by atoms with Gasteiger partial charge in [0.15, 0.2) is 0 Å². The molecule has 0 saturated carbocycles. The van der Waals surface area contributed by atoms with Crippen LogP contribution in [0, 0.1) is 0 Å². The van der Waals surface area contributed by atoms with Crippen LogP contribution >= 0.6 is 0 Å². The smallest absolute Gasteiger partial charge is 0.315 e. The number of ether oxygens (including phenoxy) is 1. The number of nitrogens with one attached hydrogen (secondary N) is 2. The first-order chi connectivity index (χ1) is 10.1. The second-order valence-electron chi connectivity index (χ2n) is 5.02. The standard InChI is InChI=1S/C15H20N2O4/c1-21-13-5-2-4-10-11(13)7-8-12(10)17-15(20)16-9-3-6-14(18)19/h2,4-5,12H,3,6-9H2,1H3,(H,18,19)(H2,16,17,20). The molecule has 6 nitrogen and oxygen atoms in total. The van der Waals surface area contributed by atoms with Gasteiger partial charge in [-0.2, -0.15) is 0 Å². The molecule has 0 fully saturated rings. The molecule has 2 rings (SSSR count). The van der Waals surface area contributed by atoms with E-state index in [9.17, 15) is 9.59 Å². The SMILES string of the molecule is COc1cccc2c1CCC2NC(=O)NCCCC(=O)O. The molecule has 2 amide bonds. The summed E-state index contributed by atoms with van der Waals surface area (Å²) >= 11 is 0. The first kappa shape index (κ1) is 15.2. The quantitative estimate of drug-likeness (QED) is 0.698. The molecular formula is C15H20N2O4. The van der Waals surface area contributed by atoms with Crippen LogP contribution in [0.1, 0.15) is 36.4 Å². The molecule has 114 valence electrons. The number of carboxylic acids is 1. The van der Waals surface area contributed by atoms with Crippen LogP contribution in [0.5, 0.6) is 5.75 Å². The van der Waals surface area contributed by atoms with Crippen molar-refractivity contribution in [1.82, 2.24) is 10.6 Å². The van der Waals surface area contributed by atoms with Gasteiger partial charge >= 0.3 is 12.0 Å². The minimum Gasteiger partial charge on any atom is -0.496 e. The maximum Gasteiger partial charge on any atom is 0.315 e. The second kappa shape index (κ2) is 6.97. The minimum atomic E-state index is -0.853. The molecule has 0 bridgehead atoms. The van der Waals surface area contributed by atoms with Crippen molar-refractivity contribution in [2.45, 2.75) is 31.7 Å². The van der Waals surface area contributed by atoms with Gasteiger partial charge in [-0.1, -0.05) is 12.1 Å². The van der Waals surface area contributed by atoms with Gasteiger partial charge < -0.3 is 20.5 Å². The summed E-state index contributed by atoms with van der Waals surface area (Å²) in [4.78, 5) is 22.2. The summed E-state index contributed by atoms with van der Waals surface area (Å²) < 4.78 is 5.33. The number of urea groups is 1. The van der Waals surface area contributed by atoms with E-state index in [1.807, 2.05) is 18.2 Å². The molecule has 0 aromatic heterocycles. The average Bonchev–Trinajstić information content (AvgIpc) is 2.86. The number of rotatable bonds is 6. The van der Waals surface area contributed by atoms with Crippen molar-refractivity contribution >= 4 is 12.0 Å². The van der Waals surface area contributed by atoms with Crippen LogP contribution in [0.4, 0.5) is 4.79 Å². The fourth-order valence-electron chi connectivity index (χ4n) is 2.61. The average molecular weight is 292 g/mol. The van der Waals surface area contributed by atoms with Gasteiger partial charge in [-0.25, -0.2) is 4.79 Å². The summed E-state index contributed by atoms with van der Waals surface area (Å²) in [5.74, 6) is 0.00712. The number of carbonyl (C=O) groups is 2. The third kappa shape index (κ3) is 3.87. The Labute approximate surface area is 123 Å². The highest BCUT2D eigenvalue weighted by molar-refractivity contribution is 5.75. The predicted molar refractivity (Wildman–Crippen MR) is 77.5 cm³/mol. The minimum absolute atomic E-state index is 0.0189. The van der Waals surface area contributed by atoms with Gasteiger partial charge in [0.25, 0.3) is 0 Å². The van der Waals surface area contributed by atoms with Gasteiger partial charge in [0.1, 0.15) is 5.75 Å². The molecule has 1 unspecified atom stereocenters. The third-order valence-electron chi connectivity index (χ3n) is 3.61. The third-order valence-corrected chi connectivity index (χ3v) is 3.61. The zero-order valence-electron chi connectivity index (χ0n) is 12.0. The molecule has 1 aliphatic rings. The Morgan fingerprint density at radius 2 is 2.24 bits per heavy atom. The lowest BCUT2D eigenvalue weighted by Gasteiger charge is -2.15. The summed E-state index contributed by atoms with van der Waals surface area (Å²) in [7, 11) is 1.64. The van der Waals surface area contributed by atoms with Crippen molar-refractivity contribution in [2.24, 2.45) is 0 Å². The maximum absolute atomic E-state index is 11.8. The van der Waals surface area contributed by atoms with Gasteiger partial charge in [-0.05, 0) is 36.5 Å². The summed E-state index contributed by atoms with van der Waals surface area (Å²) in [6.45, 7) is 0.357. The number of amides is 2. The largest absolute Gasteiger partial charge is 0.496 e. The zero-order chi connectivity index (χ0) is 15.2. The van der Waals surface area contributed by atoms with E-state index >= 15 is 0 Å². The van der Waals surface area contributed by atoms with Crippen LogP contribution in [0.25, 0.3) is 0 Å². The molecule has 0 heterocycles. The van der Waals surface area contributed by atoms with Gasteiger partial charge in [0, 0.05) is 13.0 Å². The number of aliphatic carboxylic acids is 1. The summed E-state index contributed by atoms with van der Waals surface area (Å²) in [5.41, 5.74) is 2.24.